The SMILES string of the molecule is CC(Nc1ncnc2sc3c(c12)CCCC3)C(C)(C)CN(C)C. The van der Waals surface area contributed by atoms with Crippen LogP contribution >= 0.6 is 11.3 Å². The third-order valence-corrected chi connectivity index (χ3v) is 6.20. The van der Waals surface area contributed by atoms with Crippen LogP contribution in [0.2, 0.25) is 0 Å². The number of anilines is 1. The molecule has 0 radical (unpaired) electrons. The molecule has 1 aliphatic rings. The van der Waals surface area contributed by atoms with Crippen LogP contribution in [0, 0.1) is 5.41 Å². The molecule has 2 heterocycles. The first-order valence-electron chi connectivity index (χ1n) is 8.55. The molecule has 2 aromatic heterocycles. The molecule has 1 aliphatic carbocycles. The Bertz CT molecular complexity index is 690. The fourth-order valence-electron chi connectivity index (χ4n) is 3.55. The van der Waals surface area contributed by atoms with E-state index in [-0.39, 0.29) is 5.41 Å². The second kappa shape index (κ2) is 6.36. The molecule has 1 N–H and O–H groups in total. The Hall–Kier alpha value is -1.20. The van der Waals surface area contributed by atoms with Crippen LogP contribution in [0.1, 0.15) is 44.1 Å². The van der Waals surface area contributed by atoms with Gasteiger partial charge < -0.3 is 10.2 Å². The second-order valence-electron chi connectivity index (χ2n) is 7.71. The van der Waals surface area contributed by atoms with Crippen molar-refractivity contribution in [2.45, 2.75) is 52.5 Å². The number of hydrogen-bond acceptors (Lipinski definition) is 5. The number of rotatable bonds is 5. The Morgan fingerprint density at radius 2 is 2.00 bits per heavy atom. The number of fused-ring (bicyclic) bond motifs is 3. The number of thiophene rings is 1. The number of hydrogen-bond donors (Lipinski definition) is 1. The quantitative estimate of drug-likeness (QED) is 0.900. The van der Waals surface area contributed by atoms with Crippen LogP contribution in [-0.2, 0) is 12.8 Å². The average molecular weight is 333 g/mol. The topological polar surface area (TPSA) is 41.1 Å². The molecule has 0 bridgehead atoms. The minimum Gasteiger partial charge on any atom is -0.366 e. The number of aryl methyl sites for hydroxylation is 2. The maximum atomic E-state index is 4.59. The van der Waals surface area contributed by atoms with Crippen molar-refractivity contribution in [1.29, 1.82) is 0 Å². The highest BCUT2D eigenvalue weighted by atomic mass is 32.1. The number of nitrogens with one attached hydrogen (secondary N) is 1. The molecule has 1 unspecified atom stereocenters. The second-order valence-corrected chi connectivity index (χ2v) is 8.79. The predicted molar refractivity (Wildman–Crippen MR) is 99.5 cm³/mol. The van der Waals surface area contributed by atoms with E-state index < -0.39 is 0 Å². The van der Waals surface area contributed by atoms with Gasteiger partial charge in [0, 0.05) is 17.5 Å². The van der Waals surface area contributed by atoms with Crippen LogP contribution < -0.4 is 5.32 Å². The van der Waals surface area contributed by atoms with Crippen LogP contribution in [0.4, 0.5) is 5.82 Å². The molecular weight excluding hydrogens is 304 g/mol. The fourth-order valence-corrected chi connectivity index (χ4v) is 4.78. The van der Waals surface area contributed by atoms with Crippen LogP contribution in [0.5, 0.6) is 0 Å². The summed E-state index contributed by atoms with van der Waals surface area (Å²) in [6.45, 7) is 7.92. The Balaban J connectivity index is 1.92. The lowest BCUT2D eigenvalue weighted by molar-refractivity contribution is 0.217. The molecule has 0 saturated heterocycles. The van der Waals surface area contributed by atoms with Gasteiger partial charge in [-0.3, -0.25) is 0 Å². The van der Waals surface area contributed by atoms with E-state index >= 15 is 0 Å². The Labute approximate surface area is 143 Å². The van der Waals surface area contributed by atoms with Gasteiger partial charge in [0.15, 0.2) is 0 Å². The van der Waals surface area contributed by atoms with Crippen molar-refractivity contribution in [2.24, 2.45) is 5.41 Å². The first kappa shape index (κ1) is 16.7. The van der Waals surface area contributed by atoms with E-state index in [2.05, 4.69) is 55.1 Å². The minimum absolute atomic E-state index is 0.164. The largest absolute Gasteiger partial charge is 0.366 e. The van der Waals surface area contributed by atoms with Crippen molar-refractivity contribution >= 4 is 27.4 Å². The standard InChI is InChI=1S/C18H28N4S/c1-12(18(2,3)10-22(4)5)21-16-15-13-8-6-7-9-14(13)23-17(15)20-11-19-16/h11-12H,6-10H2,1-5H3,(H,19,20,21). The summed E-state index contributed by atoms with van der Waals surface area (Å²) in [4.78, 5) is 14.0. The smallest absolute Gasteiger partial charge is 0.138 e. The van der Waals surface area contributed by atoms with E-state index in [1.165, 1.54) is 41.5 Å². The molecule has 5 heteroatoms. The van der Waals surface area contributed by atoms with Gasteiger partial charge in [0.05, 0.1) is 5.39 Å². The molecule has 126 valence electrons. The summed E-state index contributed by atoms with van der Waals surface area (Å²) in [5.41, 5.74) is 1.66. The molecule has 4 nitrogen and oxygen atoms in total. The van der Waals surface area contributed by atoms with Gasteiger partial charge in [-0.15, -0.1) is 11.3 Å². The van der Waals surface area contributed by atoms with E-state index in [4.69, 9.17) is 0 Å². The van der Waals surface area contributed by atoms with Gasteiger partial charge in [0.25, 0.3) is 0 Å². The van der Waals surface area contributed by atoms with Gasteiger partial charge >= 0.3 is 0 Å². The van der Waals surface area contributed by atoms with Gasteiger partial charge in [0.2, 0.25) is 0 Å². The van der Waals surface area contributed by atoms with Gasteiger partial charge in [0.1, 0.15) is 17.0 Å². The lowest BCUT2D eigenvalue weighted by Crippen LogP contribution is -2.41. The highest BCUT2D eigenvalue weighted by Gasteiger charge is 2.28. The third kappa shape index (κ3) is 3.36. The molecular formula is C18H28N4S. The molecule has 3 rings (SSSR count). The van der Waals surface area contributed by atoms with Crippen LogP contribution in [0.25, 0.3) is 10.2 Å². The average Bonchev–Trinajstić information content (AvgIpc) is 2.85. The van der Waals surface area contributed by atoms with Crippen LogP contribution in [0.15, 0.2) is 6.33 Å². The highest BCUT2D eigenvalue weighted by molar-refractivity contribution is 7.19. The molecule has 1 atom stereocenters. The van der Waals surface area contributed by atoms with E-state index in [9.17, 15) is 0 Å². The molecule has 23 heavy (non-hydrogen) atoms. The Kier molecular flexibility index (Phi) is 4.61. The van der Waals surface area contributed by atoms with Crippen molar-refractivity contribution in [3.63, 3.8) is 0 Å². The van der Waals surface area contributed by atoms with E-state index in [1.807, 2.05) is 11.3 Å². The van der Waals surface area contributed by atoms with Crippen LogP contribution in [-0.4, -0.2) is 41.5 Å². The van der Waals surface area contributed by atoms with Crippen molar-refractivity contribution < 1.29 is 0 Å². The van der Waals surface area contributed by atoms with Gasteiger partial charge in [-0.2, -0.15) is 0 Å². The monoisotopic (exact) mass is 332 g/mol. The summed E-state index contributed by atoms with van der Waals surface area (Å²) in [6.07, 6.45) is 6.68. The molecule has 0 aliphatic heterocycles. The van der Waals surface area contributed by atoms with Gasteiger partial charge in [-0.25, -0.2) is 9.97 Å². The summed E-state index contributed by atoms with van der Waals surface area (Å²) >= 11 is 1.86. The molecule has 0 amide bonds. The molecule has 0 spiro atoms. The zero-order chi connectivity index (χ0) is 16.6. The van der Waals surface area contributed by atoms with E-state index in [0.29, 0.717) is 6.04 Å². The number of aromatic nitrogens is 2. The Morgan fingerprint density at radius 1 is 1.26 bits per heavy atom. The summed E-state index contributed by atoms with van der Waals surface area (Å²) < 4.78 is 0. The summed E-state index contributed by atoms with van der Waals surface area (Å²) in [5.74, 6) is 1.02. The van der Waals surface area contributed by atoms with E-state index in [1.54, 1.807) is 6.33 Å². The summed E-state index contributed by atoms with van der Waals surface area (Å²) in [5, 5.41) is 4.97. The fraction of sp³-hybridized carbons (Fsp3) is 0.667. The molecule has 0 fully saturated rings. The highest BCUT2D eigenvalue weighted by Crippen LogP contribution is 2.38. The van der Waals surface area contributed by atoms with Crippen molar-refractivity contribution in [3.8, 4) is 0 Å². The zero-order valence-electron chi connectivity index (χ0n) is 14.9. The van der Waals surface area contributed by atoms with Crippen molar-refractivity contribution in [2.75, 3.05) is 26.0 Å². The first-order valence-corrected chi connectivity index (χ1v) is 9.36. The molecule has 0 saturated carbocycles. The summed E-state index contributed by atoms with van der Waals surface area (Å²) in [7, 11) is 4.26. The van der Waals surface area contributed by atoms with Crippen molar-refractivity contribution in [1.82, 2.24) is 14.9 Å². The molecule has 0 aromatic carbocycles. The van der Waals surface area contributed by atoms with Crippen molar-refractivity contribution in [3.05, 3.63) is 16.8 Å². The zero-order valence-corrected chi connectivity index (χ0v) is 15.8. The predicted octanol–water partition coefficient (Wildman–Crippen LogP) is 3.96. The van der Waals surface area contributed by atoms with Crippen LogP contribution in [0.3, 0.4) is 0 Å². The van der Waals surface area contributed by atoms with E-state index in [0.717, 1.165) is 17.2 Å². The first-order chi connectivity index (χ1) is 10.9. The normalized spacial score (nSPS) is 16.6. The lowest BCUT2D eigenvalue weighted by Gasteiger charge is -2.35. The minimum atomic E-state index is 0.164. The van der Waals surface area contributed by atoms with Gasteiger partial charge in [-0.05, 0) is 57.7 Å². The number of nitrogens with zero attached hydrogens (tertiary/aromatic N) is 3. The maximum absolute atomic E-state index is 4.59. The lowest BCUT2D eigenvalue weighted by atomic mass is 9.85. The van der Waals surface area contributed by atoms with Gasteiger partial charge in [-0.1, -0.05) is 13.8 Å². The maximum Gasteiger partial charge on any atom is 0.138 e. The summed E-state index contributed by atoms with van der Waals surface area (Å²) in [6, 6.07) is 0.335. The molecule has 2 aromatic rings. The third-order valence-electron chi connectivity index (χ3n) is 5.00. The Morgan fingerprint density at radius 3 is 2.74 bits per heavy atom.